The predicted molar refractivity (Wildman–Crippen MR) is 63.2 cm³/mol. The third-order valence-electron chi connectivity index (χ3n) is 2.41. The van der Waals surface area contributed by atoms with Crippen LogP contribution >= 0.6 is 11.5 Å². The summed E-state index contributed by atoms with van der Waals surface area (Å²) in [7, 11) is 0. The van der Waals surface area contributed by atoms with Crippen LogP contribution in [0.1, 0.15) is 35.7 Å². The van der Waals surface area contributed by atoms with Gasteiger partial charge in [0.1, 0.15) is 5.76 Å². The lowest BCUT2D eigenvalue weighted by molar-refractivity contribution is 0.489. The molecule has 1 atom stereocenters. The minimum Gasteiger partial charge on any atom is -0.469 e. The van der Waals surface area contributed by atoms with Crippen LogP contribution in [0, 0.1) is 0 Å². The molecule has 0 bridgehead atoms. The van der Waals surface area contributed by atoms with Crippen molar-refractivity contribution in [2.45, 2.75) is 32.2 Å². The smallest absolute Gasteiger partial charge is 0.105 e. The van der Waals surface area contributed by atoms with E-state index >= 15 is 0 Å². The lowest BCUT2D eigenvalue weighted by Gasteiger charge is -2.08. The Bertz CT molecular complexity index is 424. The van der Waals surface area contributed by atoms with Crippen molar-refractivity contribution in [1.29, 1.82) is 0 Å². The summed E-state index contributed by atoms with van der Waals surface area (Å²) in [4.78, 5) is 1.08. The van der Waals surface area contributed by atoms with Gasteiger partial charge in [0.25, 0.3) is 0 Å². The summed E-state index contributed by atoms with van der Waals surface area (Å²) in [6.45, 7) is 2.13. The summed E-state index contributed by atoms with van der Waals surface area (Å²) in [5, 5.41) is 4.11. The molecule has 0 saturated heterocycles. The molecule has 0 spiro atoms. The van der Waals surface area contributed by atoms with Gasteiger partial charge >= 0.3 is 0 Å². The Morgan fingerprint density at radius 3 is 3.12 bits per heavy atom. The van der Waals surface area contributed by atoms with Crippen molar-refractivity contribution in [2.75, 3.05) is 0 Å². The molecule has 2 rings (SSSR count). The molecule has 0 aliphatic carbocycles. The van der Waals surface area contributed by atoms with E-state index < -0.39 is 0 Å². The average Bonchev–Trinajstić information content (AvgIpc) is 2.89. The molecule has 2 aromatic rings. The van der Waals surface area contributed by atoms with Crippen molar-refractivity contribution >= 4 is 11.5 Å². The molecule has 0 aliphatic rings. The van der Waals surface area contributed by atoms with Crippen LogP contribution in [0.2, 0.25) is 0 Å². The minimum atomic E-state index is -0.0623. The van der Waals surface area contributed by atoms with E-state index in [9.17, 15) is 0 Å². The van der Waals surface area contributed by atoms with Gasteiger partial charge in [0.15, 0.2) is 0 Å². The molecule has 1 unspecified atom stereocenters. The van der Waals surface area contributed by atoms with E-state index in [4.69, 9.17) is 10.2 Å². The molecule has 0 aliphatic heterocycles. The van der Waals surface area contributed by atoms with E-state index in [1.54, 1.807) is 6.26 Å². The summed E-state index contributed by atoms with van der Waals surface area (Å²) in [6, 6.07) is 3.75. The van der Waals surface area contributed by atoms with Gasteiger partial charge in [-0.25, -0.2) is 0 Å². The van der Waals surface area contributed by atoms with E-state index in [0.29, 0.717) is 6.42 Å². The number of aryl methyl sites for hydroxylation is 1. The lowest BCUT2D eigenvalue weighted by Crippen LogP contribution is -2.13. The number of hydrogen-bond acceptors (Lipinski definition) is 5. The molecule has 0 amide bonds. The van der Waals surface area contributed by atoms with Crippen LogP contribution in [0.3, 0.4) is 0 Å². The SMILES string of the molecule is CCCc1nnsc1C(N)Cc1ccco1. The molecular formula is C11H15N3OS. The molecule has 86 valence electrons. The Labute approximate surface area is 98.6 Å². The summed E-state index contributed by atoms with van der Waals surface area (Å²) in [6.07, 6.45) is 4.37. The third kappa shape index (κ3) is 2.48. The van der Waals surface area contributed by atoms with Gasteiger partial charge in [-0.15, -0.1) is 5.10 Å². The van der Waals surface area contributed by atoms with Crippen molar-refractivity contribution in [3.05, 3.63) is 34.7 Å². The molecule has 2 N–H and O–H groups in total. The van der Waals surface area contributed by atoms with Crippen molar-refractivity contribution in [3.8, 4) is 0 Å². The second-order valence-corrected chi connectivity index (χ2v) is 4.51. The molecule has 4 nitrogen and oxygen atoms in total. The molecule has 0 aromatic carbocycles. The largest absolute Gasteiger partial charge is 0.469 e. The lowest BCUT2D eigenvalue weighted by atomic mass is 10.1. The van der Waals surface area contributed by atoms with Gasteiger partial charge in [-0.05, 0) is 30.1 Å². The third-order valence-corrected chi connectivity index (χ3v) is 3.31. The van der Waals surface area contributed by atoms with Crippen molar-refractivity contribution in [2.24, 2.45) is 5.73 Å². The Balaban J connectivity index is 2.08. The molecule has 0 radical (unpaired) electrons. The van der Waals surface area contributed by atoms with Gasteiger partial charge < -0.3 is 10.2 Å². The molecule has 0 fully saturated rings. The van der Waals surface area contributed by atoms with Crippen molar-refractivity contribution < 1.29 is 4.42 Å². The predicted octanol–water partition coefficient (Wildman–Crippen LogP) is 2.33. The number of aromatic nitrogens is 2. The number of nitrogens with zero attached hydrogens (tertiary/aromatic N) is 2. The summed E-state index contributed by atoms with van der Waals surface area (Å²) >= 11 is 1.39. The Morgan fingerprint density at radius 2 is 2.44 bits per heavy atom. The van der Waals surface area contributed by atoms with Crippen LogP contribution in [0.15, 0.2) is 22.8 Å². The zero-order valence-corrected chi connectivity index (χ0v) is 10.0. The van der Waals surface area contributed by atoms with Crippen LogP contribution in [-0.4, -0.2) is 9.59 Å². The highest BCUT2D eigenvalue weighted by molar-refractivity contribution is 7.05. The van der Waals surface area contributed by atoms with Crippen molar-refractivity contribution in [3.63, 3.8) is 0 Å². The van der Waals surface area contributed by atoms with Gasteiger partial charge in [-0.2, -0.15) is 0 Å². The fraction of sp³-hybridized carbons (Fsp3) is 0.455. The van der Waals surface area contributed by atoms with Gasteiger partial charge in [-0.3, -0.25) is 0 Å². The molecule has 5 heteroatoms. The normalized spacial score (nSPS) is 12.9. The first-order chi connectivity index (χ1) is 7.81. The fourth-order valence-electron chi connectivity index (χ4n) is 1.65. The number of hydrogen-bond donors (Lipinski definition) is 1. The molecule has 16 heavy (non-hydrogen) atoms. The maximum absolute atomic E-state index is 6.13. The summed E-state index contributed by atoms with van der Waals surface area (Å²) in [5.74, 6) is 0.906. The topological polar surface area (TPSA) is 64.9 Å². The van der Waals surface area contributed by atoms with Crippen LogP contribution in [0.4, 0.5) is 0 Å². The maximum Gasteiger partial charge on any atom is 0.105 e. The maximum atomic E-state index is 6.13. The van der Waals surface area contributed by atoms with Gasteiger partial charge in [0.2, 0.25) is 0 Å². The summed E-state index contributed by atoms with van der Waals surface area (Å²) < 4.78 is 9.26. The quantitative estimate of drug-likeness (QED) is 0.866. The molecular weight excluding hydrogens is 222 g/mol. The van der Waals surface area contributed by atoms with Crippen LogP contribution in [0.5, 0.6) is 0 Å². The van der Waals surface area contributed by atoms with E-state index in [1.807, 2.05) is 12.1 Å². The van der Waals surface area contributed by atoms with Crippen LogP contribution in [-0.2, 0) is 12.8 Å². The highest BCUT2D eigenvalue weighted by atomic mass is 32.1. The van der Waals surface area contributed by atoms with E-state index in [1.165, 1.54) is 11.5 Å². The fourth-order valence-corrected chi connectivity index (χ4v) is 2.34. The Hall–Kier alpha value is -1.20. The zero-order valence-electron chi connectivity index (χ0n) is 9.22. The number of furan rings is 1. The number of nitrogens with two attached hydrogens (primary N) is 1. The van der Waals surface area contributed by atoms with E-state index in [-0.39, 0.29) is 6.04 Å². The van der Waals surface area contributed by atoms with Crippen molar-refractivity contribution in [1.82, 2.24) is 9.59 Å². The first-order valence-electron chi connectivity index (χ1n) is 5.40. The Kier molecular flexibility index (Phi) is 3.69. The monoisotopic (exact) mass is 237 g/mol. The van der Waals surface area contributed by atoms with E-state index in [0.717, 1.165) is 29.2 Å². The average molecular weight is 237 g/mol. The standard InChI is InChI=1S/C11H15N3OS/c1-2-4-10-11(16-14-13-10)9(12)7-8-5-3-6-15-8/h3,5-6,9H,2,4,7,12H2,1H3. The first-order valence-corrected chi connectivity index (χ1v) is 6.17. The highest BCUT2D eigenvalue weighted by Gasteiger charge is 2.16. The van der Waals surface area contributed by atoms with Gasteiger partial charge in [0, 0.05) is 12.5 Å². The Morgan fingerprint density at radius 1 is 1.56 bits per heavy atom. The molecule has 0 saturated carbocycles. The van der Waals surface area contributed by atoms with Crippen LogP contribution < -0.4 is 5.73 Å². The molecule has 2 aromatic heterocycles. The van der Waals surface area contributed by atoms with Crippen LogP contribution in [0.25, 0.3) is 0 Å². The summed E-state index contributed by atoms with van der Waals surface area (Å²) in [5.41, 5.74) is 7.17. The zero-order chi connectivity index (χ0) is 11.4. The minimum absolute atomic E-state index is 0.0623. The van der Waals surface area contributed by atoms with Gasteiger partial charge in [-0.1, -0.05) is 17.8 Å². The molecule has 2 heterocycles. The highest BCUT2D eigenvalue weighted by Crippen LogP contribution is 2.23. The second kappa shape index (κ2) is 5.23. The van der Waals surface area contributed by atoms with Gasteiger partial charge in [0.05, 0.1) is 16.8 Å². The van der Waals surface area contributed by atoms with E-state index in [2.05, 4.69) is 16.5 Å². The second-order valence-electron chi connectivity index (χ2n) is 3.72. The first kappa shape index (κ1) is 11.3. The number of rotatable bonds is 5.